The number of hydrogen-bond acceptors (Lipinski definition) is 2. The van der Waals surface area contributed by atoms with E-state index in [1.807, 2.05) is 0 Å². The van der Waals surface area contributed by atoms with Crippen LogP contribution in [0.2, 0.25) is 0 Å². The van der Waals surface area contributed by atoms with Crippen LogP contribution < -0.4 is 5.32 Å². The third kappa shape index (κ3) is 5.01. The number of aryl methyl sites for hydroxylation is 1. The molecule has 0 amide bonds. The quantitative estimate of drug-likeness (QED) is 0.763. The molecule has 0 saturated carbocycles. The predicted molar refractivity (Wildman–Crippen MR) is 71.7 cm³/mol. The molecule has 2 heteroatoms. The summed E-state index contributed by atoms with van der Waals surface area (Å²) in [6, 6.07) is 11.0. The summed E-state index contributed by atoms with van der Waals surface area (Å²) in [6.45, 7) is 8.02. The maximum atomic E-state index is 8.95. The Hall–Kier alpha value is -1.33. The lowest BCUT2D eigenvalue weighted by molar-refractivity contribution is 0.444. The Bertz CT molecular complexity index is 360. The lowest BCUT2D eigenvalue weighted by atomic mass is 9.97. The fourth-order valence-electron chi connectivity index (χ4n) is 1.68. The summed E-state index contributed by atoms with van der Waals surface area (Å²) < 4.78 is 0. The fourth-order valence-corrected chi connectivity index (χ4v) is 1.68. The summed E-state index contributed by atoms with van der Waals surface area (Å²) in [5, 5.41) is 12.3. The molecule has 0 aliphatic heterocycles. The second-order valence-electron chi connectivity index (χ2n) is 4.92. The van der Waals surface area contributed by atoms with E-state index in [-0.39, 0.29) is 5.92 Å². The molecule has 0 saturated heterocycles. The number of hydrogen-bond donors (Lipinski definition) is 1. The molecule has 1 aromatic carbocycles. The minimum absolute atomic E-state index is 0.119. The third-order valence-electron chi connectivity index (χ3n) is 3.05. The number of rotatable bonds is 6. The molecule has 0 fully saturated rings. The summed E-state index contributed by atoms with van der Waals surface area (Å²) >= 11 is 0. The Morgan fingerprint density at radius 2 is 1.88 bits per heavy atom. The van der Waals surface area contributed by atoms with Crippen LogP contribution in [0.4, 0.5) is 0 Å². The normalized spacial score (nSPS) is 12.4. The summed E-state index contributed by atoms with van der Waals surface area (Å²) in [6.07, 6.45) is 1.02. The van der Waals surface area contributed by atoms with E-state index in [4.69, 9.17) is 5.26 Å². The van der Waals surface area contributed by atoms with Crippen LogP contribution in [-0.2, 0) is 6.42 Å². The molecular weight excluding hydrogens is 208 g/mol. The van der Waals surface area contributed by atoms with Crippen molar-refractivity contribution in [2.75, 3.05) is 13.1 Å². The van der Waals surface area contributed by atoms with Gasteiger partial charge in [0.2, 0.25) is 0 Å². The second-order valence-corrected chi connectivity index (χ2v) is 4.92. The Morgan fingerprint density at radius 3 is 2.41 bits per heavy atom. The van der Waals surface area contributed by atoms with E-state index in [0.717, 1.165) is 19.5 Å². The first-order chi connectivity index (χ1) is 8.13. The van der Waals surface area contributed by atoms with E-state index in [1.54, 1.807) is 0 Å². The van der Waals surface area contributed by atoms with Gasteiger partial charge in [-0.15, -0.1) is 0 Å². The average Bonchev–Trinajstić information content (AvgIpc) is 2.31. The van der Waals surface area contributed by atoms with Crippen LogP contribution in [0.15, 0.2) is 24.3 Å². The molecule has 0 bridgehead atoms. The summed E-state index contributed by atoms with van der Waals surface area (Å²) in [4.78, 5) is 0. The molecule has 92 valence electrons. The fraction of sp³-hybridized carbons (Fsp3) is 0.533. The van der Waals surface area contributed by atoms with Gasteiger partial charge in [0.15, 0.2) is 0 Å². The molecule has 1 aromatic rings. The zero-order valence-electron chi connectivity index (χ0n) is 11.0. The van der Waals surface area contributed by atoms with Gasteiger partial charge in [0.1, 0.15) is 0 Å². The zero-order chi connectivity index (χ0) is 12.7. The molecule has 1 N–H and O–H groups in total. The minimum atomic E-state index is 0.119. The molecule has 1 rings (SSSR count). The van der Waals surface area contributed by atoms with Crippen molar-refractivity contribution in [1.82, 2.24) is 5.32 Å². The minimum Gasteiger partial charge on any atom is -0.315 e. The Kier molecular flexibility index (Phi) is 5.72. The van der Waals surface area contributed by atoms with Gasteiger partial charge in [-0.3, -0.25) is 0 Å². The summed E-state index contributed by atoms with van der Waals surface area (Å²) in [5.74, 6) is 0.542. The number of nitrogens with zero attached hydrogens (tertiary/aromatic N) is 1. The highest BCUT2D eigenvalue weighted by atomic mass is 14.9. The van der Waals surface area contributed by atoms with Crippen molar-refractivity contribution in [3.63, 3.8) is 0 Å². The first-order valence-corrected chi connectivity index (χ1v) is 6.29. The number of nitriles is 1. The van der Waals surface area contributed by atoms with Crippen molar-refractivity contribution in [2.45, 2.75) is 27.2 Å². The molecule has 17 heavy (non-hydrogen) atoms. The molecule has 0 spiro atoms. The standard InChI is InChI=1S/C15H22N2/c1-12(2)15(10-16)11-17-9-8-14-6-4-13(3)5-7-14/h4-7,12,15,17H,8-9,11H2,1-3H3. The van der Waals surface area contributed by atoms with Crippen molar-refractivity contribution in [1.29, 1.82) is 5.26 Å². The van der Waals surface area contributed by atoms with Gasteiger partial charge in [0, 0.05) is 6.54 Å². The summed E-state index contributed by atoms with van der Waals surface area (Å²) in [7, 11) is 0. The van der Waals surface area contributed by atoms with E-state index in [0.29, 0.717) is 5.92 Å². The number of benzene rings is 1. The Labute approximate surface area is 105 Å². The van der Waals surface area contributed by atoms with Crippen LogP contribution in [0.1, 0.15) is 25.0 Å². The van der Waals surface area contributed by atoms with Gasteiger partial charge in [0.05, 0.1) is 12.0 Å². The highest BCUT2D eigenvalue weighted by molar-refractivity contribution is 5.21. The van der Waals surface area contributed by atoms with Gasteiger partial charge in [-0.25, -0.2) is 0 Å². The van der Waals surface area contributed by atoms with Crippen LogP contribution in [0, 0.1) is 30.1 Å². The molecule has 2 nitrogen and oxygen atoms in total. The van der Waals surface area contributed by atoms with Gasteiger partial charge in [-0.1, -0.05) is 43.7 Å². The van der Waals surface area contributed by atoms with Crippen molar-refractivity contribution in [2.24, 2.45) is 11.8 Å². The van der Waals surface area contributed by atoms with Crippen LogP contribution >= 0.6 is 0 Å². The van der Waals surface area contributed by atoms with Gasteiger partial charge in [0.25, 0.3) is 0 Å². The van der Waals surface area contributed by atoms with Crippen LogP contribution in [0.3, 0.4) is 0 Å². The van der Waals surface area contributed by atoms with E-state index >= 15 is 0 Å². The highest BCUT2D eigenvalue weighted by Gasteiger charge is 2.10. The molecule has 0 radical (unpaired) electrons. The van der Waals surface area contributed by atoms with Gasteiger partial charge in [-0.05, 0) is 31.4 Å². The molecule has 0 aliphatic carbocycles. The van der Waals surface area contributed by atoms with Gasteiger partial charge < -0.3 is 5.32 Å². The van der Waals surface area contributed by atoms with E-state index < -0.39 is 0 Å². The largest absolute Gasteiger partial charge is 0.315 e. The molecule has 0 heterocycles. The van der Waals surface area contributed by atoms with Crippen molar-refractivity contribution in [3.8, 4) is 6.07 Å². The number of nitrogens with one attached hydrogen (secondary N) is 1. The van der Waals surface area contributed by atoms with Crippen LogP contribution in [0.25, 0.3) is 0 Å². The lowest BCUT2D eigenvalue weighted by Crippen LogP contribution is -2.26. The SMILES string of the molecule is Cc1ccc(CCNCC(C#N)C(C)C)cc1. The molecule has 1 atom stereocenters. The zero-order valence-corrected chi connectivity index (χ0v) is 11.0. The Balaban J connectivity index is 2.24. The van der Waals surface area contributed by atoms with E-state index in [2.05, 4.69) is 56.4 Å². The predicted octanol–water partition coefficient (Wildman–Crippen LogP) is 2.92. The smallest absolute Gasteiger partial charge is 0.0671 e. The van der Waals surface area contributed by atoms with Gasteiger partial charge >= 0.3 is 0 Å². The first kappa shape index (κ1) is 13.7. The van der Waals surface area contributed by atoms with Crippen LogP contribution in [0.5, 0.6) is 0 Å². The van der Waals surface area contributed by atoms with Crippen molar-refractivity contribution < 1.29 is 0 Å². The van der Waals surface area contributed by atoms with Crippen LogP contribution in [-0.4, -0.2) is 13.1 Å². The van der Waals surface area contributed by atoms with Gasteiger partial charge in [-0.2, -0.15) is 5.26 Å². The maximum absolute atomic E-state index is 8.95. The molecular formula is C15H22N2. The third-order valence-corrected chi connectivity index (χ3v) is 3.05. The van der Waals surface area contributed by atoms with E-state index in [1.165, 1.54) is 11.1 Å². The molecule has 0 aromatic heterocycles. The maximum Gasteiger partial charge on any atom is 0.0671 e. The van der Waals surface area contributed by atoms with Crippen molar-refractivity contribution >= 4 is 0 Å². The second kappa shape index (κ2) is 7.09. The summed E-state index contributed by atoms with van der Waals surface area (Å²) in [5.41, 5.74) is 2.65. The average molecular weight is 230 g/mol. The molecule has 0 aliphatic rings. The lowest BCUT2D eigenvalue weighted by Gasteiger charge is -2.13. The monoisotopic (exact) mass is 230 g/mol. The topological polar surface area (TPSA) is 35.8 Å². The Morgan fingerprint density at radius 1 is 1.24 bits per heavy atom. The van der Waals surface area contributed by atoms with E-state index in [9.17, 15) is 0 Å². The molecule has 1 unspecified atom stereocenters. The first-order valence-electron chi connectivity index (χ1n) is 6.29. The van der Waals surface area contributed by atoms with Crippen molar-refractivity contribution in [3.05, 3.63) is 35.4 Å². The highest BCUT2D eigenvalue weighted by Crippen LogP contribution is 2.08.